The van der Waals surface area contributed by atoms with Gasteiger partial charge in [-0.15, -0.1) is 0 Å². The predicted molar refractivity (Wildman–Crippen MR) is 75.6 cm³/mol. The lowest BCUT2D eigenvalue weighted by molar-refractivity contribution is 0.280. The maximum Gasteiger partial charge on any atom is 0.161 e. The van der Waals surface area contributed by atoms with E-state index in [1.54, 1.807) is 7.11 Å². The Bertz CT molecular complexity index is 427. The highest BCUT2D eigenvalue weighted by Crippen LogP contribution is 2.28. The van der Waals surface area contributed by atoms with Gasteiger partial charge in [0.25, 0.3) is 0 Å². The molecule has 1 atom stereocenters. The van der Waals surface area contributed by atoms with Crippen LogP contribution in [0.4, 0.5) is 0 Å². The van der Waals surface area contributed by atoms with E-state index in [2.05, 4.69) is 18.3 Å². The van der Waals surface area contributed by atoms with Crippen LogP contribution >= 0.6 is 0 Å². The van der Waals surface area contributed by atoms with Crippen molar-refractivity contribution >= 4 is 0 Å². The first-order valence-electron chi connectivity index (χ1n) is 6.67. The summed E-state index contributed by atoms with van der Waals surface area (Å²) in [4.78, 5) is 0. The van der Waals surface area contributed by atoms with Crippen molar-refractivity contribution in [1.82, 2.24) is 5.32 Å². The van der Waals surface area contributed by atoms with Gasteiger partial charge < -0.3 is 14.8 Å². The number of nitrogens with one attached hydrogen (secondary N) is 1. The van der Waals surface area contributed by atoms with Crippen LogP contribution in [0, 0.1) is 11.3 Å². The molecule has 0 saturated heterocycles. The third-order valence-corrected chi connectivity index (χ3v) is 2.91. The van der Waals surface area contributed by atoms with Crippen molar-refractivity contribution in [2.24, 2.45) is 0 Å². The number of nitrogens with zero attached hydrogens (tertiary/aromatic N) is 1. The maximum absolute atomic E-state index is 8.93. The van der Waals surface area contributed by atoms with Crippen molar-refractivity contribution < 1.29 is 9.47 Å². The fraction of sp³-hybridized carbons (Fsp3) is 0.533. The zero-order valence-corrected chi connectivity index (χ0v) is 11.9. The van der Waals surface area contributed by atoms with E-state index in [1.165, 1.54) is 5.56 Å². The quantitative estimate of drug-likeness (QED) is 0.782. The Kier molecular flexibility index (Phi) is 6.76. The minimum atomic E-state index is -0.161. The molecular formula is C15H22N2O2. The second-order valence-electron chi connectivity index (χ2n) is 4.22. The Morgan fingerprint density at radius 1 is 1.32 bits per heavy atom. The van der Waals surface area contributed by atoms with Crippen LogP contribution in [-0.2, 0) is 6.42 Å². The highest BCUT2D eigenvalue weighted by molar-refractivity contribution is 5.42. The lowest BCUT2D eigenvalue weighted by Gasteiger charge is -2.13. The van der Waals surface area contributed by atoms with Crippen molar-refractivity contribution in [3.05, 3.63) is 23.8 Å². The summed E-state index contributed by atoms with van der Waals surface area (Å²) in [7, 11) is 1.64. The molecule has 0 aliphatic heterocycles. The average Bonchev–Trinajstić information content (AvgIpc) is 2.46. The first-order chi connectivity index (χ1) is 9.24. The molecule has 0 bridgehead atoms. The second-order valence-corrected chi connectivity index (χ2v) is 4.22. The number of benzene rings is 1. The van der Waals surface area contributed by atoms with E-state index in [0.29, 0.717) is 13.0 Å². The van der Waals surface area contributed by atoms with E-state index in [1.807, 2.05) is 25.1 Å². The van der Waals surface area contributed by atoms with Crippen LogP contribution in [0.2, 0.25) is 0 Å². The fourth-order valence-corrected chi connectivity index (χ4v) is 1.80. The molecule has 1 unspecified atom stereocenters. The van der Waals surface area contributed by atoms with Crippen LogP contribution in [0.1, 0.15) is 25.8 Å². The molecule has 1 aromatic rings. The molecule has 1 aromatic carbocycles. The normalized spacial score (nSPS) is 11.7. The Hall–Kier alpha value is -1.73. The topological polar surface area (TPSA) is 54.3 Å². The molecule has 1 rings (SSSR count). The van der Waals surface area contributed by atoms with E-state index >= 15 is 0 Å². The molecular weight excluding hydrogens is 240 g/mol. The van der Waals surface area contributed by atoms with E-state index in [0.717, 1.165) is 24.5 Å². The van der Waals surface area contributed by atoms with Crippen molar-refractivity contribution in [2.45, 2.75) is 32.7 Å². The second kappa shape index (κ2) is 8.39. The van der Waals surface area contributed by atoms with Crippen molar-refractivity contribution in [2.75, 3.05) is 20.3 Å². The molecule has 0 spiro atoms. The van der Waals surface area contributed by atoms with E-state index in [9.17, 15) is 0 Å². The molecule has 4 nitrogen and oxygen atoms in total. The maximum atomic E-state index is 8.93. The summed E-state index contributed by atoms with van der Waals surface area (Å²) < 4.78 is 11.0. The molecule has 0 heterocycles. The molecule has 0 amide bonds. The third-order valence-electron chi connectivity index (χ3n) is 2.91. The fourth-order valence-electron chi connectivity index (χ4n) is 1.80. The number of methoxy groups -OCH3 is 1. The van der Waals surface area contributed by atoms with Crippen LogP contribution in [0.5, 0.6) is 11.5 Å². The van der Waals surface area contributed by atoms with Crippen molar-refractivity contribution in [1.29, 1.82) is 5.26 Å². The number of nitriles is 1. The van der Waals surface area contributed by atoms with Gasteiger partial charge >= 0.3 is 0 Å². The molecule has 0 aliphatic rings. The molecule has 0 radical (unpaired) electrons. The number of hydrogen-bond donors (Lipinski definition) is 1. The van der Waals surface area contributed by atoms with E-state index < -0.39 is 0 Å². The van der Waals surface area contributed by atoms with Crippen molar-refractivity contribution in [3.8, 4) is 17.6 Å². The van der Waals surface area contributed by atoms with Gasteiger partial charge in [-0.3, -0.25) is 0 Å². The molecule has 0 fully saturated rings. The van der Waals surface area contributed by atoms with Gasteiger partial charge in [-0.1, -0.05) is 19.9 Å². The van der Waals surface area contributed by atoms with Gasteiger partial charge in [-0.05, 0) is 30.7 Å². The van der Waals surface area contributed by atoms with E-state index in [4.69, 9.17) is 14.7 Å². The zero-order valence-electron chi connectivity index (χ0n) is 11.9. The summed E-state index contributed by atoms with van der Waals surface area (Å²) in [5.74, 6) is 1.48. The Morgan fingerprint density at radius 2 is 2.11 bits per heavy atom. The zero-order chi connectivity index (χ0) is 14.1. The summed E-state index contributed by atoms with van der Waals surface area (Å²) >= 11 is 0. The minimum Gasteiger partial charge on any atom is -0.493 e. The van der Waals surface area contributed by atoms with Crippen molar-refractivity contribution in [3.63, 3.8) is 0 Å². The van der Waals surface area contributed by atoms with Crippen LogP contribution in [0.3, 0.4) is 0 Å². The molecule has 4 heteroatoms. The van der Waals surface area contributed by atoms with Gasteiger partial charge in [0.15, 0.2) is 11.5 Å². The Morgan fingerprint density at radius 3 is 2.68 bits per heavy atom. The lowest BCUT2D eigenvalue weighted by atomic mass is 10.1. The number of hydrogen-bond acceptors (Lipinski definition) is 4. The van der Waals surface area contributed by atoms with Crippen LogP contribution in [0.25, 0.3) is 0 Å². The highest BCUT2D eigenvalue weighted by atomic mass is 16.5. The summed E-state index contributed by atoms with van der Waals surface area (Å²) in [5, 5.41) is 12.0. The lowest BCUT2D eigenvalue weighted by Crippen LogP contribution is -2.28. The summed E-state index contributed by atoms with van der Waals surface area (Å²) in [6, 6.07) is 7.99. The van der Waals surface area contributed by atoms with Gasteiger partial charge in [0.1, 0.15) is 0 Å². The van der Waals surface area contributed by atoms with Gasteiger partial charge in [-0.2, -0.15) is 5.26 Å². The largest absolute Gasteiger partial charge is 0.493 e. The number of ether oxygens (including phenoxy) is 2. The highest BCUT2D eigenvalue weighted by Gasteiger charge is 2.08. The van der Waals surface area contributed by atoms with Gasteiger partial charge in [0, 0.05) is 6.42 Å². The molecule has 19 heavy (non-hydrogen) atoms. The van der Waals surface area contributed by atoms with Gasteiger partial charge in [0.05, 0.1) is 25.8 Å². The smallest absolute Gasteiger partial charge is 0.161 e. The van der Waals surface area contributed by atoms with Crippen LogP contribution in [0.15, 0.2) is 18.2 Å². The molecule has 104 valence electrons. The summed E-state index contributed by atoms with van der Waals surface area (Å²) in [6.07, 6.45) is 1.62. The molecule has 1 N–H and O–H groups in total. The first-order valence-corrected chi connectivity index (χ1v) is 6.67. The Balaban J connectivity index is 2.55. The SMILES string of the molecule is CCNC(C#N)CCOc1ccc(CC)cc1OC. The summed E-state index contributed by atoms with van der Waals surface area (Å²) in [6.45, 7) is 5.36. The van der Waals surface area contributed by atoms with Crippen LogP contribution in [-0.4, -0.2) is 26.3 Å². The first kappa shape index (κ1) is 15.3. The number of aryl methyl sites for hydroxylation is 1. The molecule has 0 aliphatic carbocycles. The molecule has 0 saturated carbocycles. The standard InChI is InChI=1S/C15H22N2O2/c1-4-12-6-7-14(15(10-12)18-3)19-9-8-13(11-16)17-5-2/h6-7,10,13,17H,4-5,8-9H2,1-3H3. The Labute approximate surface area is 115 Å². The predicted octanol–water partition coefficient (Wildman–Crippen LogP) is 2.53. The minimum absolute atomic E-state index is 0.161. The van der Waals surface area contributed by atoms with Gasteiger partial charge in [-0.25, -0.2) is 0 Å². The van der Waals surface area contributed by atoms with Crippen LogP contribution < -0.4 is 14.8 Å². The van der Waals surface area contributed by atoms with E-state index in [-0.39, 0.29) is 6.04 Å². The summed E-state index contributed by atoms with van der Waals surface area (Å²) in [5.41, 5.74) is 1.21. The number of rotatable bonds is 8. The molecule has 0 aromatic heterocycles. The monoisotopic (exact) mass is 262 g/mol. The third kappa shape index (κ3) is 4.80. The average molecular weight is 262 g/mol. The van der Waals surface area contributed by atoms with Gasteiger partial charge in [0.2, 0.25) is 0 Å².